The Labute approximate surface area is 368 Å². The number of hydrogen-bond acceptors (Lipinski definition) is 11. The Morgan fingerprint density at radius 1 is 1.03 bits per heavy atom. The number of hydrogen-bond donors (Lipinski definition) is 2. The van der Waals surface area contributed by atoms with Crippen LogP contribution < -0.4 is 9.64 Å². The summed E-state index contributed by atoms with van der Waals surface area (Å²) in [4.78, 5) is 52.8. The van der Waals surface area contributed by atoms with Crippen LogP contribution in [0.4, 0.5) is 14.5 Å². The van der Waals surface area contributed by atoms with Crippen LogP contribution in [0, 0.1) is 20.8 Å². The number of H-pyrrole nitrogens is 1. The van der Waals surface area contributed by atoms with Crippen LogP contribution in [0.5, 0.6) is 5.75 Å². The fourth-order valence-electron chi connectivity index (χ4n) is 13.5. The molecule has 3 fully saturated rings. The van der Waals surface area contributed by atoms with E-state index < -0.39 is 63.7 Å². The van der Waals surface area contributed by atoms with Crippen LogP contribution in [0.3, 0.4) is 0 Å². The number of ether oxygens (including phenoxy) is 4. The molecular weight excluding hydrogens is 901 g/mol. The van der Waals surface area contributed by atoms with Gasteiger partial charge in [0.2, 0.25) is 11.5 Å². The number of aliphatic hydroxyl groups is 1. The Bertz CT molecular complexity index is 2350. The van der Waals surface area contributed by atoms with E-state index in [1.807, 2.05) is 55.3 Å². The second-order valence-electron chi connectivity index (χ2n) is 18.5. The first-order valence-electron chi connectivity index (χ1n) is 21.3. The number of benzene rings is 2. The van der Waals surface area contributed by atoms with Crippen LogP contribution in [0.1, 0.15) is 68.8 Å². The van der Waals surface area contributed by atoms with Crippen molar-refractivity contribution in [2.75, 3.05) is 66.0 Å². The zero-order valence-corrected chi connectivity index (χ0v) is 37.9. The van der Waals surface area contributed by atoms with Crippen molar-refractivity contribution in [3.63, 3.8) is 0 Å². The predicted molar refractivity (Wildman–Crippen MR) is 232 cm³/mol. The molecule has 0 amide bonds. The third kappa shape index (κ3) is 5.77. The van der Waals surface area contributed by atoms with Gasteiger partial charge < -0.3 is 38.8 Å². The first kappa shape index (κ1) is 42.5. The van der Waals surface area contributed by atoms with Crippen molar-refractivity contribution in [2.24, 2.45) is 17.3 Å². The van der Waals surface area contributed by atoms with E-state index in [0.717, 1.165) is 32.5 Å². The van der Waals surface area contributed by atoms with Crippen LogP contribution in [-0.2, 0) is 45.8 Å². The number of fused-ring (bicyclic) bond motifs is 6. The molecule has 0 radical (unpaired) electrons. The number of alkyl halides is 2. The van der Waals surface area contributed by atoms with E-state index in [1.54, 1.807) is 7.11 Å². The highest BCUT2D eigenvalue weighted by Gasteiger charge is 2.80. The molecular formula is C46H55F2IN4O8. The van der Waals surface area contributed by atoms with E-state index in [9.17, 15) is 14.7 Å². The molecule has 1 saturated carbocycles. The number of nitrogens with one attached hydrogen (secondary N) is 1. The molecule has 12 nitrogen and oxygen atoms in total. The lowest BCUT2D eigenvalue weighted by molar-refractivity contribution is -0.228. The van der Waals surface area contributed by atoms with Gasteiger partial charge in [-0.25, -0.2) is 13.6 Å². The predicted octanol–water partition coefficient (Wildman–Crippen LogP) is 5.73. The summed E-state index contributed by atoms with van der Waals surface area (Å²) in [5, 5.41) is 14.3. The minimum atomic E-state index is -2.93. The maximum atomic E-state index is 15.4. The molecule has 1 aliphatic carbocycles. The van der Waals surface area contributed by atoms with Crippen LogP contribution in [0.2, 0.25) is 0 Å². The number of anilines is 1. The van der Waals surface area contributed by atoms with E-state index in [4.69, 9.17) is 18.9 Å². The molecule has 61 heavy (non-hydrogen) atoms. The summed E-state index contributed by atoms with van der Waals surface area (Å²) in [6.07, 6.45) is 4.53. The van der Waals surface area contributed by atoms with Crippen LogP contribution in [-0.4, -0.2) is 129 Å². The van der Waals surface area contributed by atoms with Crippen LogP contribution >= 0.6 is 22.6 Å². The average molecular weight is 957 g/mol. The summed E-state index contributed by atoms with van der Waals surface area (Å²) < 4.78 is 55.6. The number of aromatic amines is 1. The first-order chi connectivity index (χ1) is 29.0. The van der Waals surface area contributed by atoms with E-state index in [2.05, 4.69) is 43.4 Å². The molecule has 5 aliphatic heterocycles. The summed E-state index contributed by atoms with van der Waals surface area (Å²) >= 11 is 2.29. The van der Waals surface area contributed by atoms with Gasteiger partial charge in [0.05, 0.1) is 27.4 Å². The molecule has 1 unspecified atom stereocenters. The number of piperidine rings is 1. The molecule has 6 aliphatic rings. The molecule has 2 aromatic carbocycles. The first-order valence-corrected chi connectivity index (χ1v) is 22.4. The highest BCUT2D eigenvalue weighted by molar-refractivity contribution is 14.1. The number of aromatic nitrogens is 1. The van der Waals surface area contributed by atoms with Crippen molar-refractivity contribution in [1.82, 2.24) is 14.8 Å². The van der Waals surface area contributed by atoms with Gasteiger partial charge in [-0.05, 0) is 109 Å². The lowest BCUT2D eigenvalue weighted by Crippen LogP contribution is -2.81. The quantitative estimate of drug-likeness (QED) is 0.130. The van der Waals surface area contributed by atoms with E-state index >= 15 is 13.6 Å². The fourth-order valence-corrected chi connectivity index (χ4v) is 13.9. The highest BCUT2D eigenvalue weighted by atomic mass is 127. The van der Waals surface area contributed by atoms with Crippen molar-refractivity contribution in [1.29, 1.82) is 0 Å². The number of carbonyl (C=O) groups excluding carboxylic acids is 3. The number of esters is 3. The SMILES string of the molecule is CC[C@]12C=CCN3CC[C@@]4(c5cc([C@@]6(C(=O)OC)C[C@H]7C[C@@H](C(C)(F)F)CN(CCc8c6[nH]c6ccc(I)cc86)C7)c(OC)cc5N(C)[C@H]4[C@@](O)(C(=O)OC)[C@@H]1OC(C)=O)[C@@H]32. The van der Waals surface area contributed by atoms with Crippen molar-refractivity contribution < 1.29 is 47.2 Å². The van der Waals surface area contributed by atoms with Gasteiger partial charge in [0.1, 0.15) is 11.2 Å². The summed E-state index contributed by atoms with van der Waals surface area (Å²) in [5.74, 6) is -5.92. The van der Waals surface area contributed by atoms with E-state index in [0.29, 0.717) is 68.1 Å². The van der Waals surface area contributed by atoms with Crippen molar-refractivity contribution in [2.45, 2.75) is 93.4 Å². The van der Waals surface area contributed by atoms with Gasteiger partial charge in [0.15, 0.2) is 6.10 Å². The lowest BCUT2D eigenvalue weighted by Gasteiger charge is -2.63. The molecule has 1 spiro atoms. The molecule has 2 saturated heterocycles. The van der Waals surface area contributed by atoms with Crippen molar-refractivity contribution in [3.8, 4) is 5.75 Å². The fraction of sp³-hybridized carbons (Fsp3) is 0.587. The number of rotatable bonds is 7. The molecule has 6 heterocycles. The Hall–Kier alpha value is -3.80. The van der Waals surface area contributed by atoms with E-state index in [1.165, 1.54) is 21.1 Å². The maximum absolute atomic E-state index is 15.4. The van der Waals surface area contributed by atoms with Gasteiger partial charge in [0.25, 0.3) is 0 Å². The van der Waals surface area contributed by atoms with Gasteiger partial charge in [-0.1, -0.05) is 19.1 Å². The molecule has 2 bridgehead atoms. The third-order valence-corrected chi connectivity index (χ3v) is 16.3. The Morgan fingerprint density at radius 2 is 1.79 bits per heavy atom. The van der Waals surface area contributed by atoms with Crippen molar-refractivity contribution >= 4 is 57.1 Å². The molecule has 2 N–H and O–H groups in total. The third-order valence-electron chi connectivity index (χ3n) is 15.6. The molecule has 3 aromatic rings. The number of methoxy groups -OCH3 is 3. The molecule has 10 atom stereocenters. The Balaban J connectivity index is 1.36. The van der Waals surface area contributed by atoms with Gasteiger partial charge in [-0.2, -0.15) is 0 Å². The van der Waals surface area contributed by atoms with Gasteiger partial charge in [-0.3, -0.25) is 14.5 Å². The number of carbonyl (C=O) groups is 3. The second kappa shape index (κ2) is 14.6. The largest absolute Gasteiger partial charge is 0.496 e. The topological polar surface area (TPSA) is 134 Å². The number of likely N-dealkylation sites (N-methyl/N-ethyl adjacent to an activating group) is 1. The second-order valence-corrected chi connectivity index (χ2v) is 19.7. The Kier molecular flexibility index (Phi) is 10.2. The molecule has 1 aromatic heterocycles. The minimum absolute atomic E-state index is 0.152. The van der Waals surface area contributed by atoms with Crippen LogP contribution in [0.25, 0.3) is 10.9 Å². The average Bonchev–Trinajstić information content (AvgIpc) is 3.89. The molecule has 15 heteroatoms. The van der Waals surface area contributed by atoms with Gasteiger partial charge in [-0.15, -0.1) is 0 Å². The van der Waals surface area contributed by atoms with Crippen LogP contribution in [0.15, 0.2) is 42.5 Å². The van der Waals surface area contributed by atoms with Gasteiger partial charge in [0, 0.05) is 100 Å². The van der Waals surface area contributed by atoms with E-state index in [-0.39, 0.29) is 31.3 Å². The monoisotopic (exact) mass is 956 g/mol. The van der Waals surface area contributed by atoms with Crippen molar-refractivity contribution in [3.05, 3.63) is 68.4 Å². The standard InChI is InChI=1S/C46H55F2IN4O8/c1-8-43-13-9-15-53-17-14-44(37(43)53)31-20-32(35(58-5)21-34(31)51(4)38(44)46(57,41(56)60-7)39(43)61-25(2)54)45(40(55)59-6)22-26-18-27(42(3,47)48)24-52(23-26)16-12-29-30-19-28(49)10-11-33(30)50-36(29)45/h9-11,13,19-21,26-27,37-39,50,57H,8,12,14-18,22-24H2,1-7H3/t26-,27-,37+,38-,39-,43-,44-,45+,46+/m1/s1. The zero-order chi connectivity index (χ0) is 43.6. The lowest BCUT2D eigenvalue weighted by atomic mass is 9.47. The summed E-state index contributed by atoms with van der Waals surface area (Å²) in [6, 6.07) is 8.67. The number of nitrogens with zero attached hydrogens (tertiary/aromatic N) is 3. The Morgan fingerprint density at radius 3 is 2.46 bits per heavy atom. The normalized spacial score (nSPS) is 35.2. The maximum Gasteiger partial charge on any atom is 0.344 e. The van der Waals surface area contributed by atoms with Gasteiger partial charge >= 0.3 is 17.9 Å². The molecule has 328 valence electrons. The smallest absolute Gasteiger partial charge is 0.344 e. The summed E-state index contributed by atoms with van der Waals surface area (Å²) in [5.41, 5.74) is -1.53. The summed E-state index contributed by atoms with van der Waals surface area (Å²) in [6.45, 7) is 6.79. The minimum Gasteiger partial charge on any atom is -0.496 e. The highest BCUT2D eigenvalue weighted by Crippen LogP contribution is 2.68. The molecule has 9 rings (SSSR count). The summed E-state index contributed by atoms with van der Waals surface area (Å²) in [7, 11) is 5.96. The number of halogens is 3. The zero-order valence-electron chi connectivity index (χ0n) is 35.8.